The van der Waals surface area contributed by atoms with Crippen molar-refractivity contribution in [3.05, 3.63) is 65.7 Å². The van der Waals surface area contributed by atoms with E-state index in [4.69, 9.17) is 0 Å². The summed E-state index contributed by atoms with van der Waals surface area (Å²) in [5.41, 5.74) is 2.32. The second-order valence-electron chi connectivity index (χ2n) is 7.59. The fourth-order valence-corrected chi connectivity index (χ4v) is 4.90. The summed E-state index contributed by atoms with van der Waals surface area (Å²) in [5, 5.41) is 8.71. The van der Waals surface area contributed by atoms with Gasteiger partial charge in [-0.3, -0.25) is 9.36 Å². The van der Waals surface area contributed by atoms with E-state index in [-0.39, 0.29) is 18.0 Å². The molecule has 0 bridgehead atoms. The molecular formula is C21H29N5O2S. The molecule has 2 heterocycles. The Balaban J connectivity index is 1.98. The van der Waals surface area contributed by atoms with E-state index in [1.165, 1.54) is 4.31 Å². The molecule has 0 unspecified atom stereocenters. The van der Waals surface area contributed by atoms with Gasteiger partial charge in [0.05, 0.1) is 17.9 Å². The topological polar surface area (TPSA) is 73.0 Å². The fourth-order valence-electron chi connectivity index (χ4n) is 3.33. The summed E-state index contributed by atoms with van der Waals surface area (Å²) < 4.78 is 32.3. The molecule has 3 rings (SSSR count). The summed E-state index contributed by atoms with van der Waals surface area (Å²) in [6, 6.07) is 11.5. The number of sulfonamides is 1. The molecule has 0 aliphatic heterocycles. The van der Waals surface area contributed by atoms with Gasteiger partial charge in [0.1, 0.15) is 4.90 Å². The number of benzene rings is 1. The zero-order valence-corrected chi connectivity index (χ0v) is 18.3. The molecule has 0 saturated carbocycles. The first-order valence-corrected chi connectivity index (χ1v) is 11.3. The van der Waals surface area contributed by atoms with Crippen molar-refractivity contribution in [2.45, 2.75) is 58.8 Å². The van der Waals surface area contributed by atoms with E-state index >= 15 is 0 Å². The highest BCUT2D eigenvalue weighted by atomic mass is 32.2. The first-order valence-electron chi connectivity index (χ1n) is 9.90. The number of rotatable bonds is 9. The summed E-state index contributed by atoms with van der Waals surface area (Å²) in [6.45, 7) is 9.81. The van der Waals surface area contributed by atoms with Crippen LogP contribution < -0.4 is 0 Å². The van der Waals surface area contributed by atoms with Crippen molar-refractivity contribution in [1.29, 1.82) is 0 Å². The van der Waals surface area contributed by atoms with Crippen LogP contribution in [0.1, 0.15) is 37.7 Å². The molecule has 29 heavy (non-hydrogen) atoms. The average Bonchev–Trinajstić information content (AvgIpc) is 3.27. The lowest BCUT2D eigenvalue weighted by atomic mass is 10.2. The second-order valence-corrected chi connectivity index (χ2v) is 9.50. The van der Waals surface area contributed by atoms with Gasteiger partial charge in [0, 0.05) is 32.0 Å². The van der Waals surface area contributed by atoms with E-state index < -0.39 is 10.0 Å². The van der Waals surface area contributed by atoms with Crippen molar-refractivity contribution in [3.8, 4) is 0 Å². The Morgan fingerprint density at radius 3 is 2.48 bits per heavy atom. The summed E-state index contributed by atoms with van der Waals surface area (Å²) in [7, 11) is -3.74. The average molecular weight is 416 g/mol. The SMILES string of the molecule is CCn1nccc1CN(Cc1ccccc1)S(=O)(=O)c1cn(CC(C)C)nc1C. The van der Waals surface area contributed by atoms with E-state index in [0.29, 0.717) is 24.7 Å². The van der Waals surface area contributed by atoms with Crippen LogP contribution in [-0.2, 0) is 36.2 Å². The molecule has 2 aromatic heterocycles. The molecule has 1 aromatic carbocycles. The van der Waals surface area contributed by atoms with Gasteiger partial charge in [0.15, 0.2) is 0 Å². The largest absolute Gasteiger partial charge is 0.271 e. The molecule has 0 saturated heterocycles. The predicted octanol–water partition coefficient (Wildman–Crippen LogP) is 3.46. The highest BCUT2D eigenvalue weighted by molar-refractivity contribution is 7.89. The zero-order chi connectivity index (χ0) is 21.0. The third kappa shape index (κ3) is 4.94. The van der Waals surface area contributed by atoms with Crippen molar-refractivity contribution >= 4 is 10.0 Å². The van der Waals surface area contributed by atoms with Crippen LogP contribution in [0.25, 0.3) is 0 Å². The molecule has 0 fully saturated rings. The fraction of sp³-hybridized carbons (Fsp3) is 0.429. The van der Waals surface area contributed by atoms with E-state index in [1.54, 1.807) is 24.0 Å². The molecule has 0 radical (unpaired) electrons. The van der Waals surface area contributed by atoms with Crippen LogP contribution in [0.5, 0.6) is 0 Å². The van der Waals surface area contributed by atoms with Crippen LogP contribution in [0.3, 0.4) is 0 Å². The standard InChI is InChI=1S/C21H29N5O2S/c1-5-26-20(11-12-22-26)15-25(14-19-9-7-6-8-10-19)29(27,28)21-16-24(13-17(2)3)23-18(21)4/h6-12,16-17H,5,13-15H2,1-4H3. The third-order valence-electron chi connectivity index (χ3n) is 4.72. The predicted molar refractivity (Wildman–Crippen MR) is 113 cm³/mol. The number of nitrogens with zero attached hydrogens (tertiary/aromatic N) is 5. The van der Waals surface area contributed by atoms with Gasteiger partial charge in [-0.2, -0.15) is 14.5 Å². The summed E-state index contributed by atoms with van der Waals surface area (Å²) in [4.78, 5) is 0.261. The third-order valence-corrected chi connectivity index (χ3v) is 6.61. The minimum atomic E-state index is -3.74. The molecule has 3 aromatic rings. The van der Waals surface area contributed by atoms with Crippen LogP contribution in [0.4, 0.5) is 0 Å². The van der Waals surface area contributed by atoms with E-state index in [1.807, 2.05) is 48.0 Å². The number of aromatic nitrogens is 4. The molecular weight excluding hydrogens is 386 g/mol. The van der Waals surface area contributed by atoms with Crippen LogP contribution in [0.15, 0.2) is 53.7 Å². The van der Waals surface area contributed by atoms with Crippen molar-refractivity contribution in [3.63, 3.8) is 0 Å². The molecule has 7 nitrogen and oxygen atoms in total. The van der Waals surface area contributed by atoms with Crippen molar-refractivity contribution in [1.82, 2.24) is 23.9 Å². The summed E-state index contributed by atoms with van der Waals surface area (Å²) in [6.07, 6.45) is 3.36. The van der Waals surface area contributed by atoms with Crippen molar-refractivity contribution in [2.75, 3.05) is 0 Å². The van der Waals surface area contributed by atoms with E-state index in [2.05, 4.69) is 24.0 Å². The van der Waals surface area contributed by atoms with Crippen molar-refractivity contribution in [2.24, 2.45) is 5.92 Å². The Morgan fingerprint density at radius 1 is 1.10 bits per heavy atom. The van der Waals surface area contributed by atoms with Crippen LogP contribution in [-0.4, -0.2) is 32.3 Å². The van der Waals surface area contributed by atoms with Gasteiger partial charge in [-0.25, -0.2) is 8.42 Å². The lowest BCUT2D eigenvalue weighted by Gasteiger charge is -2.22. The molecule has 0 aliphatic carbocycles. The second kappa shape index (κ2) is 8.92. The normalized spacial score (nSPS) is 12.2. The Labute approximate surface area is 173 Å². The zero-order valence-electron chi connectivity index (χ0n) is 17.5. The van der Waals surface area contributed by atoms with Gasteiger partial charge in [0.25, 0.3) is 0 Å². The molecule has 0 amide bonds. The number of aryl methyl sites for hydroxylation is 2. The van der Waals surface area contributed by atoms with E-state index in [0.717, 1.165) is 11.3 Å². The molecule has 0 spiro atoms. The summed E-state index contributed by atoms with van der Waals surface area (Å²) in [5.74, 6) is 0.379. The Kier molecular flexibility index (Phi) is 6.54. The van der Waals surface area contributed by atoms with Crippen molar-refractivity contribution < 1.29 is 8.42 Å². The minimum absolute atomic E-state index is 0.250. The van der Waals surface area contributed by atoms with Gasteiger partial charge in [-0.05, 0) is 31.4 Å². The molecule has 8 heteroatoms. The first-order chi connectivity index (χ1) is 13.8. The number of hydrogen-bond acceptors (Lipinski definition) is 4. The van der Waals surface area contributed by atoms with Gasteiger partial charge < -0.3 is 0 Å². The highest BCUT2D eigenvalue weighted by Crippen LogP contribution is 2.24. The van der Waals surface area contributed by atoms with Gasteiger partial charge in [0.2, 0.25) is 10.0 Å². The number of hydrogen-bond donors (Lipinski definition) is 0. The molecule has 0 aliphatic rings. The quantitative estimate of drug-likeness (QED) is 0.536. The smallest absolute Gasteiger partial charge is 0.247 e. The molecule has 156 valence electrons. The maximum atomic E-state index is 13.6. The lowest BCUT2D eigenvalue weighted by molar-refractivity contribution is 0.386. The van der Waals surface area contributed by atoms with E-state index in [9.17, 15) is 8.42 Å². The highest BCUT2D eigenvalue weighted by Gasteiger charge is 2.29. The first kappa shape index (κ1) is 21.3. The Morgan fingerprint density at radius 2 is 1.83 bits per heavy atom. The van der Waals surface area contributed by atoms with Gasteiger partial charge in [-0.1, -0.05) is 44.2 Å². The van der Waals surface area contributed by atoms with Gasteiger partial charge in [-0.15, -0.1) is 0 Å². The Bertz CT molecular complexity index is 1040. The Hall–Kier alpha value is -2.45. The lowest BCUT2D eigenvalue weighted by Crippen LogP contribution is -2.31. The molecule has 0 atom stereocenters. The molecule has 0 N–H and O–H groups in total. The van der Waals surface area contributed by atoms with Crippen LogP contribution in [0.2, 0.25) is 0 Å². The van der Waals surface area contributed by atoms with Gasteiger partial charge >= 0.3 is 0 Å². The van der Waals surface area contributed by atoms with Crippen LogP contribution >= 0.6 is 0 Å². The van der Waals surface area contributed by atoms with Crippen LogP contribution in [0, 0.1) is 12.8 Å². The summed E-state index contributed by atoms with van der Waals surface area (Å²) >= 11 is 0. The maximum Gasteiger partial charge on any atom is 0.247 e. The monoisotopic (exact) mass is 415 g/mol. The minimum Gasteiger partial charge on any atom is -0.271 e. The maximum absolute atomic E-state index is 13.6.